The minimum absolute atomic E-state index is 0.00922. The number of carbonyl (C=O) groups excluding carboxylic acids is 1. The van der Waals surface area contributed by atoms with Crippen LogP contribution >= 0.6 is 0 Å². The third-order valence-electron chi connectivity index (χ3n) is 3.38. The summed E-state index contributed by atoms with van der Waals surface area (Å²) in [5, 5.41) is 13.5. The Bertz CT molecular complexity index is 700. The van der Waals surface area contributed by atoms with E-state index in [-0.39, 0.29) is 24.7 Å². The van der Waals surface area contributed by atoms with E-state index in [9.17, 15) is 14.9 Å². The summed E-state index contributed by atoms with van der Waals surface area (Å²) in [4.78, 5) is 22.3. The summed E-state index contributed by atoms with van der Waals surface area (Å²) in [6.07, 6.45) is 0.813. The Morgan fingerprint density at radius 3 is 2.48 bits per heavy atom. The average Bonchev–Trinajstić information content (AvgIpc) is 2.58. The number of ether oxygens (including phenoxy) is 1. The van der Waals surface area contributed by atoms with Gasteiger partial charge in [0.2, 0.25) is 0 Å². The molecule has 0 atom stereocenters. The van der Waals surface area contributed by atoms with Gasteiger partial charge < -0.3 is 10.1 Å². The number of nitrogens with zero attached hydrogens (tertiary/aromatic N) is 1. The van der Waals surface area contributed by atoms with Crippen LogP contribution < -0.4 is 10.1 Å². The molecule has 0 spiro atoms. The second-order valence-corrected chi connectivity index (χ2v) is 4.91. The first-order chi connectivity index (χ1) is 11.1. The van der Waals surface area contributed by atoms with Gasteiger partial charge in [-0.05, 0) is 18.1 Å². The van der Waals surface area contributed by atoms with Crippen LogP contribution in [0.15, 0.2) is 48.5 Å². The summed E-state index contributed by atoms with van der Waals surface area (Å²) in [6.45, 7) is 1.98. The molecule has 0 heterocycles. The molecule has 1 amide bonds. The van der Waals surface area contributed by atoms with Gasteiger partial charge in [-0.1, -0.05) is 43.3 Å². The van der Waals surface area contributed by atoms with Gasteiger partial charge >= 0.3 is 0 Å². The van der Waals surface area contributed by atoms with Crippen molar-refractivity contribution in [2.45, 2.75) is 19.9 Å². The molecule has 2 aromatic rings. The molecule has 2 rings (SSSR count). The molecule has 2 aromatic carbocycles. The summed E-state index contributed by atoms with van der Waals surface area (Å²) in [7, 11) is 0. The Kier molecular flexibility index (Phi) is 5.68. The molecule has 0 saturated heterocycles. The van der Waals surface area contributed by atoms with Crippen molar-refractivity contribution in [3.63, 3.8) is 0 Å². The number of benzene rings is 2. The molecule has 0 bridgehead atoms. The number of aryl methyl sites for hydroxylation is 1. The van der Waals surface area contributed by atoms with Crippen molar-refractivity contribution >= 4 is 11.6 Å². The Labute approximate surface area is 134 Å². The van der Waals surface area contributed by atoms with Crippen LogP contribution in [0.25, 0.3) is 0 Å². The second kappa shape index (κ2) is 7.93. The molecule has 0 aliphatic heterocycles. The van der Waals surface area contributed by atoms with Crippen LogP contribution in [-0.4, -0.2) is 17.4 Å². The lowest BCUT2D eigenvalue weighted by molar-refractivity contribution is -0.385. The van der Waals surface area contributed by atoms with Crippen molar-refractivity contribution in [1.82, 2.24) is 5.32 Å². The van der Waals surface area contributed by atoms with Gasteiger partial charge in [0, 0.05) is 18.2 Å². The highest BCUT2D eigenvalue weighted by molar-refractivity contribution is 5.77. The number of carbonyl (C=O) groups is 1. The predicted octanol–water partition coefficient (Wildman–Crippen LogP) is 2.85. The highest BCUT2D eigenvalue weighted by Gasteiger charge is 2.13. The minimum atomic E-state index is -0.463. The Hall–Kier alpha value is -2.89. The molecule has 6 heteroatoms. The van der Waals surface area contributed by atoms with Crippen molar-refractivity contribution in [3.8, 4) is 5.75 Å². The zero-order valence-corrected chi connectivity index (χ0v) is 12.8. The fourth-order valence-corrected chi connectivity index (χ4v) is 2.16. The van der Waals surface area contributed by atoms with Crippen LogP contribution in [0.1, 0.15) is 18.1 Å². The number of rotatable bonds is 7. The lowest BCUT2D eigenvalue weighted by Crippen LogP contribution is -2.28. The van der Waals surface area contributed by atoms with Gasteiger partial charge in [-0.25, -0.2) is 0 Å². The van der Waals surface area contributed by atoms with Crippen LogP contribution in [0.2, 0.25) is 0 Å². The zero-order chi connectivity index (χ0) is 16.7. The quantitative estimate of drug-likeness (QED) is 0.629. The minimum Gasteiger partial charge on any atom is -0.483 e. The van der Waals surface area contributed by atoms with E-state index in [1.54, 1.807) is 18.2 Å². The lowest BCUT2D eigenvalue weighted by Gasteiger charge is -2.10. The molecule has 0 aliphatic carbocycles. The van der Waals surface area contributed by atoms with Crippen molar-refractivity contribution < 1.29 is 14.5 Å². The van der Waals surface area contributed by atoms with E-state index < -0.39 is 4.92 Å². The van der Waals surface area contributed by atoms with Crippen molar-refractivity contribution in [2.75, 3.05) is 6.61 Å². The number of nitrogens with one attached hydrogen (secondary N) is 1. The zero-order valence-electron chi connectivity index (χ0n) is 12.8. The molecule has 0 fully saturated rings. The summed E-state index contributed by atoms with van der Waals surface area (Å²) in [5.74, 6) is 0.352. The molecule has 0 saturated carbocycles. The van der Waals surface area contributed by atoms with Crippen LogP contribution in [0.5, 0.6) is 5.75 Å². The van der Waals surface area contributed by atoms with Crippen LogP contribution in [-0.2, 0) is 17.8 Å². The normalized spacial score (nSPS) is 10.1. The maximum Gasteiger partial charge on any atom is 0.274 e. The van der Waals surface area contributed by atoms with Gasteiger partial charge in [-0.3, -0.25) is 14.9 Å². The van der Waals surface area contributed by atoms with Crippen LogP contribution in [0.3, 0.4) is 0 Å². The van der Waals surface area contributed by atoms with Gasteiger partial charge in [0.15, 0.2) is 6.61 Å². The van der Waals surface area contributed by atoms with E-state index in [0.717, 1.165) is 12.0 Å². The fourth-order valence-electron chi connectivity index (χ4n) is 2.16. The van der Waals surface area contributed by atoms with Gasteiger partial charge in [-0.2, -0.15) is 0 Å². The first kappa shape index (κ1) is 16.5. The van der Waals surface area contributed by atoms with E-state index in [0.29, 0.717) is 11.3 Å². The molecule has 0 aromatic heterocycles. The average molecular weight is 314 g/mol. The molecule has 120 valence electrons. The standard InChI is InChI=1S/C17H18N2O4/c1-2-13-7-4-6-10-16(13)23-12-17(20)18-11-14-8-3-5-9-15(14)19(21)22/h3-10H,2,11-12H2,1H3,(H,18,20). The highest BCUT2D eigenvalue weighted by atomic mass is 16.6. The highest BCUT2D eigenvalue weighted by Crippen LogP contribution is 2.18. The SMILES string of the molecule is CCc1ccccc1OCC(=O)NCc1ccccc1[N+](=O)[O-]. The van der Waals surface area contributed by atoms with Crippen LogP contribution in [0.4, 0.5) is 5.69 Å². The molecule has 6 nitrogen and oxygen atoms in total. The topological polar surface area (TPSA) is 81.5 Å². The fraction of sp³-hybridized carbons (Fsp3) is 0.235. The molecular formula is C17H18N2O4. The lowest BCUT2D eigenvalue weighted by atomic mass is 10.1. The number of nitro benzene ring substituents is 1. The monoisotopic (exact) mass is 314 g/mol. The third-order valence-corrected chi connectivity index (χ3v) is 3.38. The van der Waals surface area contributed by atoms with E-state index >= 15 is 0 Å². The summed E-state index contributed by atoms with van der Waals surface area (Å²) < 4.78 is 5.51. The smallest absolute Gasteiger partial charge is 0.274 e. The summed E-state index contributed by atoms with van der Waals surface area (Å²) >= 11 is 0. The van der Waals surface area contributed by atoms with Gasteiger partial charge in [0.05, 0.1) is 4.92 Å². The van der Waals surface area contributed by atoms with E-state index in [1.807, 2.05) is 31.2 Å². The first-order valence-electron chi connectivity index (χ1n) is 7.31. The molecule has 0 unspecified atom stereocenters. The number of nitro groups is 1. The van der Waals surface area contributed by atoms with E-state index in [4.69, 9.17) is 4.74 Å². The number of hydrogen-bond donors (Lipinski definition) is 1. The summed E-state index contributed by atoms with van der Waals surface area (Å²) in [6, 6.07) is 13.8. The third kappa shape index (κ3) is 4.54. The van der Waals surface area contributed by atoms with Gasteiger partial charge in [0.25, 0.3) is 11.6 Å². The Morgan fingerprint density at radius 2 is 1.78 bits per heavy atom. The molecule has 23 heavy (non-hydrogen) atoms. The van der Waals surface area contributed by atoms with Gasteiger partial charge in [-0.15, -0.1) is 0 Å². The van der Waals surface area contributed by atoms with Crippen molar-refractivity contribution in [3.05, 3.63) is 69.8 Å². The molecular weight excluding hydrogens is 296 g/mol. The van der Waals surface area contributed by atoms with Crippen molar-refractivity contribution in [1.29, 1.82) is 0 Å². The molecule has 0 radical (unpaired) electrons. The maximum absolute atomic E-state index is 11.9. The Morgan fingerprint density at radius 1 is 1.13 bits per heavy atom. The Balaban J connectivity index is 1.90. The maximum atomic E-state index is 11.9. The van der Waals surface area contributed by atoms with E-state index in [2.05, 4.69) is 5.32 Å². The number of hydrogen-bond acceptors (Lipinski definition) is 4. The first-order valence-corrected chi connectivity index (χ1v) is 7.31. The predicted molar refractivity (Wildman–Crippen MR) is 86.3 cm³/mol. The number of amides is 1. The molecule has 0 aliphatic rings. The summed E-state index contributed by atoms with van der Waals surface area (Å²) in [5.41, 5.74) is 1.48. The van der Waals surface area contributed by atoms with Crippen LogP contribution in [0, 0.1) is 10.1 Å². The largest absolute Gasteiger partial charge is 0.483 e. The van der Waals surface area contributed by atoms with Gasteiger partial charge in [0.1, 0.15) is 5.75 Å². The van der Waals surface area contributed by atoms with E-state index in [1.165, 1.54) is 6.07 Å². The second-order valence-electron chi connectivity index (χ2n) is 4.91. The number of para-hydroxylation sites is 2. The molecule has 1 N–H and O–H groups in total. The van der Waals surface area contributed by atoms with Crippen molar-refractivity contribution in [2.24, 2.45) is 0 Å².